The fraction of sp³-hybridized carbons (Fsp3) is 1.00. The molecule has 0 aromatic carbocycles. The van der Waals surface area contributed by atoms with Crippen LogP contribution in [0.1, 0.15) is 6.42 Å². The lowest BCUT2D eigenvalue weighted by atomic mass is 10.5. The second-order valence-corrected chi connectivity index (χ2v) is 4.33. The molecule has 0 amide bonds. The normalized spacial score (nSPS) is 9.43. The van der Waals surface area contributed by atoms with Crippen molar-refractivity contribution >= 4 is 32.3 Å². The molecule has 0 radical (unpaired) electrons. The molecule has 7 heavy (non-hydrogen) atoms. The average molecular weight is 155 g/mol. The first kappa shape index (κ1) is 8.01. The Morgan fingerprint density at radius 2 is 2.29 bits per heavy atom. The Labute approximate surface area is 57.0 Å². The van der Waals surface area contributed by atoms with Crippen molar-refractivity contribution in [3.8, 4) is 0 Å². The van der Waals surface area contributed by atoms with Gasteiger partial charge in [0.25, 0.3) is 0 Å². The van der Waals surface area contributed by atoms with E-state index in [0.717, 1.165) is 18.7 Å². The summed E-state index contributed by atoms with van der Waals surface area (Å²) in [6.45, 7) is 0.793. The van der Waals surface area contributed by atoms with Crippen LogP contribution >= 0.6 is 32.3 Å². The highest BCUT2D eigenvalue weighted by Gasteiger charge is 1.81. The molecule has 0 aliphatic heterocycles. The molecule has 0 rings (SSSR count). The zero-order valence-electron chi connectivity index (χ0n) is 3.96. The van der Waals surface area contributed by atoms with Crippen molar-refractivity contribution in [3.05, 3.63) is 0 Å². The van der Waals surface area contributed by atoms with E-state index in [9.17, 15) is 0 Å². The molecule has 0 saturated carbocycles. The van der Waals surface area contributed by atoms with E-state index >= 15 is 0 Å². The SMILES string of the molecule is NCCCSSS. The Bertz CT molecular complexity index is 29.4. The summed E-state index contributed by atoms with van der Waals surface area (Å²) >= 11 is 3.93. The van der Waals surface area contributed by atoms with Crippen molar-refractivity contribution in [2.75, 3.05) is 12.3 Å². The fourth-order valence-electron chi connectivity index (χ4n) is 0.180. The van der Waals surface area contributed by atoms with Gasteiger partial charge in [0.2, 0.25) is 0 Å². The number of hydrogen-bond donors (Lipinski definition) is 2. The molecule has 0 bridgehead atoms. The van der Waals surface area contributed by atoms with Crippen LogP contribution in [0, 0.1) is 0 Å². The predicted molar refractivity (Wildman–Crippen MR) is 42.7 cm³/mol. The number of nitrogens with two attached hydrogens (primary N) is 1. The highest BCUT2D eigenvalue weighted by Crippen LogP contribution is 2.24. The van der Waals surface area contributed by atoms with Gasteiger partial charge in [-0.2, -0.15) is 0 Å². The third-order valence-corrected chi connectivity index (χ3v) is 2.81. The van der Waals surface area contributed by atoms with E-state index in [1.165, 1.54) is 9.83 Å². The van der Waals surface area contributed by atoms with Crippen LogP contribution in [0.4, 0.5) is 0 Å². The van der Waals surface area contributed by atoms with Crippen LogP contribution in [0.5, 0.6) is 0 Å². The van der Waals surface area contributed by atoms with Crippen molar-refractivity contribution in [1.29, 1.82) is 0 Å². The van der Waals surface area contributed by atoms with Gasteiger partial charge in [0.1, 0.15) is 0 Å². The molecular weight excluding hydrogens is 146 g/mol. The van der Waals surface area contributed by atoms with Gasteiger partial charge in [-0.05, 0) is 22.8 Å². The van der Waals surface area contributed by atoms with Gasteiger partial charge < -0.3 is 5.73 Å². The molecule has 4 heteroatoms. The maximum absolute atomic E-state index is 5.22. The minimum Gasteiger partial charge on any atom is -0.330 e. The second-order valence-electron chi connectivity index (χ2n) is 1.04. The van der Waals surface area contributed by atoms with Crippen LogP contribution < -0.4 is 5.73 Å². The number of hydrogen-bond acceptors (Lipinski definition) is 4. The summed E-state index contributed by atoms with van der Waals surface area (Å²) in [7, 11) is 3.23. The van der Waals surface area contributed by atoms with Crippen LogP contribution in [-0.2, 0) is 0 Å². The summed E-state index contributed by atoms with van der Waals surface area (Å²) in [6.07, 6.45) is 1.10. The fourth-order valence-corrected chi connectivity index (χ4v) is 1.79. The van der Waals surface area contributed by atoms with Gasteiger partial charge in [-0.15, -0.1) is 0 Å². The lowest BCUT2D eigenvalue weighted by molar-refractivity contribution is 0.946. The predicted octanol–water partition coefficient (Wildman–Crippen LogP) is 1.56. The standard InChI is InChI=1S/C3H9NS3/c4-2-1-3-6-7-5/h5H,1-4H2. The summed E-state index contributed by atoms with van der Waals surface area (Å²) in [5.41, 5.74) is 5.22. The molecule has 0 aromatic rings. The maximum Gasteiger partial charge on any atom is 0.00570 e. The Kier molecular flexibility index (Phi) is 8.02. The first-order valence-corrected chi connectivity index (χ1v) is 5.42. The van der Waals surface area contributed by atoms with Gasteiger partial charge in [-0.3, -0.25) is 0 Å². The largest absolute Gasteiger partial charge is 0.330 e. The van der Waals surface area contributed by atoms with E-state index in [2.05, 4.69) is 11.7 Å². The molecule has 0 aliphatic carbocycles. The number of thiol groups is 1. The zero-order chi connectivity index (χ0) is 5.54. The topological polar surface area (TPSA) is 26.0 Å². The summed E-state index contributed by atoms with van der Waals surface area (Å²) in [6, 6.07) is 0. The van der Waals surface area contributed by atoms with E-state index in [4.69, 9.17) is 5.73 Å². The molecule has 0 fully saturated rings. The maximum atomic E-state index is 5.22. The molecule has 0 aromatic heterocycles. The highest BCUT2D eigenvalue weighted by molar-refractivity contribution is 9.05. The summed E-state index contributed by atoms with van der Waals surface area (Å²) in [5.74, 6) is 1.12. The van der Waals surface area contributed by atoms with Gasteiger partial charge in [-0.1, -0.05) is 22.5 Å². The van der Waals surface area contributed by atoms with Crippen LogP contribution in [0.3, 0.4) is 0 Å². The van der Waals surface area contributed by atoms with Crippen LogP contribution in [0.2, 0.25) is 0 Å². The lowest BCUT2D eigenvalue weighted by Crippen LogP contribution is -1.98. The molecule has 0 saturated heterocycles. The van der Waals surface area contributed by atoms with E-state index in [0.29, 0.717) is 0 Å². The Morgan fingerprint density at radius 3 is 2.71 bits per heavy atom. The molecule has 0 aliphatic rings. The third-order valence-electron chi connectivity index (χ3n) is 0.484. The molecule has 1 nitrogen and oxygen atoms in total. The average Bonchev–Trinajstić information content (AvgIpc) is 1.69. The first-order chi connectivity index (χ1) is 3.41. The van der Waals surface area contributed by atoms with Gasteiger partial charge in [0, 0.05) is 5.75 Å². The molecule has 0 atom stereocenters. The highest BCUT2D eigenvalue weighted by atomic mass is 33.5. The first-order valence-electron chi connectivity index (χ1n) is 2.05. The molecule has 0 unspecified atom stereocenters. The van der Waals surface area contributed by atoms with Gasteiger partial charge in [0.15, 0.2) is 0 Å². The molecule has 0 spiro atoms. The van der Waals surface area contributed by atoms with E-state index in [-0.39, 0.29) is 0 Å². The summed E-state index contributed by atoms with van der Waals surface area (Å²) in [5, 5.41) is 0. The van der Waals surface area contributed by atoms with E-state index in [1.54, 1.807) is 10.8 Å². The minimum atomic E-state index is 0.793. The summed E-state index contributed by atoms with van der Waals surface area (Å²) in [4.78, 5) is 0. The Morgan fingerprint density at radius 1 is 1.57 bits per heavy atom. The minimum absolute atomic E-state index is 0.793. The van der Waals surface area contributed by atoms with Crippen LogP contribution in [0.25, 0.3) is 0 Å². The Balaban J connectivity index is 2.45. The molecular formula is C3H9NS3. The second kappa shape index (κ2) is 7.01. The smallest absolute Gasteiger partial charge is 0.00570 e. The van der Waals surface area contributed by atoms with Crippen LogP contribution in [0.15, 0.2) is 0 Å². The van der Waals surface area contributed by atoms with E-state index in [1.807, 2.05) is 0 Å². The van der Waals surface area contributed by atoms with Crippen molar-refractivity contribution in [2.45, 2.75) is 6.42 Å². The quantitative estimate of drug-likeness (QED) is 0.366. The summed E-state index contributed by atoms with van der Waals surface area (Å²) < 4.78 is 0. The van der Waals surface area contributed by atoms with Crippen molar-refractivity contribution in [3.63, 3.8) is 0 Å². The van der Waals surface area contributed by atoms with Gasteiger partial charge in [0.05, 0.1) is 0 Å². The van der Waals surface area contributed by atoms with Crippen molar-refractivity contribution in [1.82, 2.24) is 0 Å². The third kappa shape index (κ3) is 7.01. The van der Waals surface area contributed by atoms with Crippen molar-refractivity contribution in [2.24, 2.45) is 5.73 Å². The number of rotatable bonds is 4. The zero-order valence-corrected chi connectivity index (χ0v) is 6.49. The Hall–Kier alpha value is 1.01. The van der Waals surface area contributed by atoms with Crippen molar-refractivity contribution < 1.29 is 0 Å². The van der Waals surface area contributed by atoms with Crippen LogP contribution in [-0.4, -0.2) is 12.3 Å². The lowest BCUT2D eigenvalue weighted by Gasteiger charge is -1.89. The molecule has 44 valence electrons. The molecule has 0 heterocycles. The monoisotopic (exact) mass is 155 g/mol. The van der Waals surface area contributed by atoms with Gasteiger partial charge >= 0.3 is 0 Å². The van der Waals surface area contributed by atoms with Gasteiger partial charge in [-0.25, -0.2) is 0 Å². The molecule has 2 N–H and O–H groups in total. The van der Waals surface area contributed by atoms with E-state index < -0.39 is 0 Å².